The van der Waals surface area contributed by atoms with E-state index in [1.165, 1.54) is 0 Å². The maximum atomic E-state index is 12.3. The van der Waals surface area contributed by atoms with Crippen molar-refractivity contribution in [3.63, 3.8) is 0 Å². The van der Waals surface area contributed by atoms with Crippen LogP contribution in [0.1, 0.15) is 48.9 Å². The predicted octanol–water partition coefficient (Wildman–Crippen LogP) is 3.35. The van der Waals surface area contributed by atoms with E-state index in [1.54, 1.807) is 18.2 Å². The number of benzene rings is 2. The number of amides is 2. The molecule has 0 aliphatic heterocycles. The van der Waals surface area contributed by atoms with Crippen molar-refractivity contribution in [2.24, 2.45) is 0 Å². The van der Waals surface area contributed by atoms with Crippen molar-refractivity contribution >= 4 is 22.8 Å². The standard InChI is InChI=1S/C22H26N4O3/c1-3-29-19-12-7-4-9-16(19)22(28)23-14-8-13-20(27)24-15(2)21-25-17-10-5-6-11-18(17)26-21/h4-7,9-12,15H,3,8,13-14H2,1-2H3,(H,23,28)(H,24,27)(H,25,26)/t15-/m1/s1. The molecule has 0 aliphatic carbocycles. The Kier molecular flexibility index (Phi) is 6.84. The monoisotopic (exact) mass is 394 g/mol. The number of H-pyrrole nitrogens is 1. The molecule has 0 saturated carbocycles. The summed E-state index contributed by atoms with van der Waals surface area (Å²) >= 11 is 0. The van der Waals surface area contributed by atoms with Gasteiger partial charge in [0.05, 0.1) is 29.2 Å². The third-order valence-electron chi connectivity index (χ3n) is 4.49. The molecule has 1 aromatic heterocycles. The minimum atomic E-state index is -0.220. The summed E-state index contributed by atoms with van der Waals surface area (Å²) in [5.74, 6) is 0.998. The number of aromatic nitrogens is 2. The molecular weight excluding hydrogens is 368 g/mol. The van der Waals surface area contributed by atoms with E-state index in [1.807, 2.05) is 44.2 Å². The molecule has 0 saturated heterocycles. The lowest BCUT2D eigenvalue weighted by molar-refractivity contribution is -0.121. The molecule has 1 heterocycles. The molecule has 0 spiro atoms. The normalized spacial score (nSPS) is 11.8. The quantitative estimate of drug-likeness (QED) is 0.485. The molecular formula is C22H26N4O3. The molecule has 2 aromatic carbocycles. The lowest BCUT2D eigenvalue weighted by Gasteiger charge is -2.12. The highest BCUT2D eigenvalue weighted by Gasteiger charge is 2.14. The van der Waals surface area contributed by atoms with Crippen LogP contribution in [0.15, 0.2) is 48.5 Å². The summed E-state index contributed by atoms with van der Waals surface area (Å²) < 4.78 is 5.48. The molecule has 0 fully saturated rings. The van der Waals surface area contributed by atoms with Gasteiger partial charge in [-0.25, -0.2) is 4.98 Å². The minimum absolute atomic E-state index is 0.0816. The Bertz CT molecular complexity index is 950. The maximum Gasteiger partial charge on any atom is 0.255 e. The first-order chi connectivity index (χ1) is 14.1. The Labute approximate surface area is 169 Å². The zero-order valence-electron chi connectivity index (χ0n) is 16.7. The molecule has 0 radical (unpaired) electrons. The van der Waals surface area contributed by atoms with Gasteiger partial charge in [0.15, 0.2) is 0 Å². The summed E-state index contributed by atoms with van der Waals surface area (Å²) in [4.78, 5) is 32.3. The summed E-state index contributed by atoms with van der Waals surface area (Å²) in [5.41, 5.74) is 2.31. The number of carbonyl (C=O) groups excluding carboxylic acids is 2. The SMILES string of the molecule is CCOc1ccccc1C(=O)NCCCC(=O)N[C@H](C)c1nc2ccccc2[nH]1. The lowest BCUT2D eigenvalue weighted by Crippen LogP contribution is -2.29. The molecule has 7 heteroatoms. The van der Waals surface area contributed by atoms with Crippen molar-refractivity contribution in [1.82, 2.24) is 20.6 Å². The Balaban J connectivity index is 1.43. The molecule has 3 rings (SSSR count). The number of ether oxygens (including phenoxy) is 1. The van der Waals surface area contributed by atoms with Gasteiger partial charge < -0.3 is 20.4 Å². The van der Waals surface area contributed by atoms with Crippen LogP contribution in [0.2, 0.25) is 0 Å². The number of hydrogen-bond acceptors (Lipinski definition) is 4. The van der Waals surface area contributed by atoms with Gasteiger partial charge in [-0.05, 0) is 44.5 Å². The fraction of sp³-hybridized carbons (Fsp3) is 0.318. The van der Waals surface area contributed by atoms with E-state index in [2.05, 4.69) is 20.6 Å². The van der Waals surface area contributed by atoms with Gasteiger partial charge in [-0.3, -0.25) is 9.59 Å². The van der Waals surface area contributed by atoms with Crippen LogP contribution in [0.5, 0.6) is 5.75 Å². The fourth-order valence-electron chi connectivity index (χ4n) is 3.04. The molecule has 152 valence electrons. The van der Waals surface area contributed by atoms with Crippen molar-refractivity contribution < 1.29 is 14.3 Å². The number of fused-ring (bicyclic) bond motifs is 1. The second kappa shape index (κ2) is 9.73. The van der Waals surface area contributed by atoms with E-state index in [-0.39, 0.29) is 17.9 Å². The molecule has 1 atom stereocenters. The number of aromatic amines is 1. The summed E-state index contributed by atoms with van der Waals surface area (Å²) in [6.07, 6.45) is 0.860. The summed E-state index contributed by atoms with van der Waals surface area (Å²) in [6.45, 7) is 4.67. The number of hydrogen-bond donors (Lipinski definition) is 3. The maximum absolute atomic E-state index is 12.3. The van der Waals surface area contributed by atoms with Gasteiger partial charge in [-0.2, -0.15) is 0 Å². The van der Waals surface area contributed by atoms with Crippen LogP contribution in [-0.4, -0.2) is 34.9 Å². The zero-order chi connectivity index (χ0) is 20.6. The zero-order valence-corrected chi connectivity index (χ0v) is 16.7. The van der Waals surface area contributed by atoms with Gasteiger partial charge in [0.1, 0.15) is 11.6 Å². The summed E-state index contributed by atoms with van der Waals surface area (Å²) in [6, 6.07) is 14.6. The number of carbonyl (C=O) groups is 2. The first-order valence-electron chi connectivity index (χ1n) is 9.82. The van der Waals surface area contributed by atoms with Crippen LogP contribution >= 0.6 is 0 Å². The van der Waals surface area contributed by atoms with Crippen molar-refractivity contribution in [2.45, 2.75) is 32.7 Å². The average Bonchev–Trinajstić information content (AvgIpc) is 3.16. The van der Waals surface area contributed by atoms with Gasteiger partial charge in [0.2, 0.25) is 5.91 Å². The lowest BCUT2D eigenvalue weighted by atomic mass is 10.2. The van der Waals surface area contributed by atoms with E-state index in [0.29, 0.717) is 37.3 Å². The van der Waals surface area contributed by atoms with Crippen molar-refractivity contribution in [2.75, 3.05) is 13.2 Å². The van der Waals surface area contributed by atoms with Crippen LogP contribution in [0, 0.1) is 0 Å². The number of para-hydroxylation sites is 3. The number of imidazole rings is 1. The molecule has 2 amide bonds. The smallest absolute Gasteiger partial charge is 0.255 e. The predicted molar refractivity (Wildman–Crippen MR) is 112 cm³/mol. The van der Waals surface area contributed by atoms with E-state index in [0.717, 1.165) is 16.9 Å². The highest BCUT2D eigenvalue weighted by molar-refractivity contribution is 5.96. The van der Waals surface area contributed by atoms with Gasteiger partial charge in [-0.1, -0.05) is 24.3 Å². The third-order valence-corrected chi connectivity index (χ3v) is 4.49. The number of nitrogens with zero attached hydrogens (tertiary/aromatic N) is 1. The highest BCUT2D eigenvalue weighted by atomic mass is 16.5. The summed E-state index contributed by atoms with van der Waals surface area (Å²) in [5, 5.41) is 5.78. The minimum Gasteiger partial charge on any atom is -0.493 e. The molecule has 3 aromatic rings. The van der Waals surface area contributed by atoms with Gasteiger partial charge in [-0.15, -0.1) is 0 Å². The second-order valence-electron chi connectivity index (χ2n) is 6.72. The third kappa shape index (κ3) is 5.34. The fourth-order valence-corrected chi connectivity index (χ4v) is 3.04. The molecule has 0 aliphatic rings. The highest BCUT2D eigenvalue weighted by Crippen LogP contribution is 2.18. The van der Waals surface area contributed by atoms with Crippen LogP contribution in [0.4, 0.5) is 0 Å². The second-order valence-corrected chi connectivity index (χ2v) is 6.72. The largest absolute Gasteiger partial charge is 0.493 e. The van der Waals surface area contributed by atoms with Crippen molar-refractivity contribution in [1.29, 1.82) is 0 Å². The molecule has 3 N–H and O–H groups in total. The summed E-state index contributed by atoms with van der Waals surface area (Å²) in [7, 11) is 0. The molecule has 0 unspecified atom stereocenters. The van der Waals surface area contributed by atoms with Crippen molar-refractivity contribution in [3.8, 4) is 5.75 Å². The van der Waals surface area contributed by atoms with E-state index < -0.39 is 0 Å². The Morgan fingerprint density at radius 3 is 2.69 bits per heavy atom. The number of nitrogens with one attached hydrogen (secondary N) is 3. The van der Waals surface area contributed by atoms with E-state index in [9.17, 15) is 9.59 Å². The van der Waals surface area contributed by atoms with Gasteiger partial charge in [0.25, 0.3) is 5.91 Å². The Morgan fingerprint density at radius 2 is 1.90 bits per heavy atom. The first kappa shape index (κ1) is 20.4. The van der Waals surface area contributed by atoms with Crippen LogP contribution in [0.3, 0.4) is 0 Å². The molecule has 29 heavy (non-hydrogen) atoms. The topological polar surface area (TPSA) is 96.1 Å². The molecule has 7 nitrogen and oxygen atoms in total. The first-order valence-corrected chi connectivity index (χ1v) is 9.82. The van der Waals surface area contributed by atoms with Gasteiger partial charge >= 0.3 is 0 Å². The van der Waals surface area contributed by atoms with Crippen LogP contribution in [-0.2, 0) is 4.79 Å². The van der Waals surface area contributed by atoms with E-state index >= 15 is 0 Å². The Hall–Kier alpha value is -3.35. The van der Waals surface area contributed by atoms with E-state index in [4.69, 9.17) is 4.74 Å². The van der Waals surface area contributed by atoms with Gasteiger partial charge in [0, 0.05) is 13.0 Å². The number of rotatable bonds is 9. The van der Waals surface area contributed by atoms with Crippen LogP contribution < -0.4 is 15.4 Å². The van der Waals surface area contributed by atoms with Crippen molar-refractivity contribution in [3.05, 3.63) is 59.9 Å². The molecule has 0 bridgehead atoms. The Morgan fingerprint density at radius 1 is 1.14 bits per heavy atom. The van der Waals surface area contributed by atoms with Crippen LogP contribution in [0.25, 0.3) is 11.0 Å². The average molecular weight is 394 g/mol.